The van der Waals surface area contributed by atoms with E-state index in [4.69, 9.17) is 0 Å². The summed E-state index contributed by atoms with van der Waals surface area (Å²) < 4.78 is 80.9. The molecule has 1 N–H and O–H groups in total. The molecule has 11 heteroatoms. The van der Waals surface area contributed by atoms with Gasteiger partial charge in [-0.05, 0) is 55.3 Å². The molecule has 4 rings (SSSR count). The van der Waals surface area contributed by atoms with Gasteiger partial charge in [0.05, 0.1) is 23.0 Å². The van der Waals surface area contributed by atoms with Crippen LogP contribution in [0.5, 0.6) is 0 Å². The molecule has 1 fully saturated rings. The lowest BCUT2D eigenvalue weighted by molar-refractivity contribution is -0.143. The smallest absolute Gasteiger partial charge is 0.348 e. The Morgan fingerprint density at radius 3 is 2.20 bits per heavy atom. The van der Waals surface area contributed by atoms with Crippen molar-refractivity contribution >= 4 is 5.91 Å². The van der Waals surface area contributed by atoms with E-state index in [1.807, 2.05) is 12.1 Å². The largest absolute Gasteiger partial charge is 0.434 e. The summed E-state index contributed by atoms with van der Waals surface area (Å²) in [6.45, 7) is 2.90. The van der Waals surface area contributed by atoms with Crippen LogP contribution >= 0.6 is 0 Å². The maximum Gasteiger partial charge on any atom is 0.434 e. The average Bonchev–Trinajstić information content (AvgIpc) is 3.48. The van der Waals surface area contributed by atoms with Gasteiger partial charge >= 0.3 is 12.4 Å². The zero-order valence-electron chi connectivity index (χ0n) is 18.5. The number of aromatic nitrogens is 2. The molecule has 3 aromatic rings. The summed E-state index contributed by atoms with van der Waals surface area (Å²) in [6.07, 6.45) is -6.72. The molecule has 0 spiro atoms. The average molecular weight is 496 g/mol. The monoisotopic (exact) mass is 496 g/mol. The summed E-state index contributed by atoms with van der Waals surface area (Å²) in [6, 6.07) is 10.7. The standard InChI is InChI=1S/C24H22F6N4O/c25-23(26,27)18-4-3-5-19(12-18)34-21(24(28,29)30)20(14-32-34)22(35)31-13-16-6-8-17(9-7-16)15-33-10-1-2-11-33/h3-9,12,14H,1-2,10-11,13,15H2,(H,31,35). The molecule has 35 heavy (non-hydrogen) atoms. The Morgan fingerprint density at radius 1 is 0.914 bits per heavy atom. The lowest BCUT2D eigenvalue weighted by Crippen LogP contribution is -2.26. The minimum atomic E-state index is -5.03. The van der Waals surface area contributed by atoms with Crippen LogP contribution in [-0.2, 0) is 25.4 Å². The number of carbonyl (C=O) groups is 1. The number of halogens is 6. The number of hydrogen-bond acceptors (Lipinski definition) is 3. The highest BCUT2D eigenvalue weighted by Gasteiger charge is 2.41. The van der Waals surface area contributed by atoms with Gasteiger partial charge in [-0.25, -0.2) is 4.68 Å². The van der Waals surface area contributed by atoms with Crippen molar-refractivity contribution in [1.29, 1.82) is 0 Å². The van der Waals surface area contributed by atoms with Crippen molar-refractivity contribution in [1.82, 2.24) is 20.0 Å². The molecule has 1 aliphatic rings. The Bertz CT molecular complexity index is 1180. The van der Waals surface area contributed by atoms with Crippen LogP contribution in [0, 0.1) is 0 Å². The maximum absolute atomic E-state index is 13.8. The molecule has 0 bridgehead atoms. The molecule has 2 heterocycles. The Hall–Kier alpha value is -3.34. The fourth-order valence-corrected chi connectivity index (χ4v) is 4.04. The van der Waals surface area contributed by atoms with Crippen molar-refractivity contribution in [2.45, 2.75) is 38.3 Å². The van der Waals surface area contributed by atoms with Gasteiger partial charge in [-0.1, -0.05) is 30.3 Å². The topological polar surface area (TPSA) is 50.2 Å². The van der Waals surface area contributed by atoms with Gasteiger partial charge < -0.3 is 5.32 Å². The van der Waals surface area contributed by atoms with E-state index in [9.17, 15) is 31.1 Å². The number of amides is 1. The third-order valence-corrected chi connectivity index (χ3v) is 5.78. The molecule has 1 saturated heterocycles. The van der Waals surface area contributed by atoms with Crippen LogP contribution in [0.3, 0.4) is 0 Å². The molecule has 1 amide bonds. The summed E-state index contributed by atoms with van der Waals surface area (Å²) in [5.41, 5.74) is -2.01. The molecule has 186 valence electrons. The van der Waals surface area contributed by atoms with Crippen LogP contribution in [-0.4, -0.2) is 33.7 Å². The third-order valence-electron chi connectivity index (χ3n) is 5.78. The van der Waals surface area contributed by atoms with Crippen LogP contribution in [0.4, 0.5) is 26.3 Å². The lowest BCUT2D eigenvalue weighted by atomic mass is 10.1. The van der Waals surface area contributed by atoms with Gasteiger partial charge in [-0.15, -0.1) is 0 Å². The van der Waals surface area contributed by atoms with Gasteiger partial charge in [0.25, 0.3) is 5.91 Å². The summed E-state index contributed by atoms with van der Waals surface area (Å²) >= 11 is 0. The predicted octanol–water partition coefficient (Wildman–Crippen LogP) is 5.44. The van der Waals surface area contributed by atoms with E-state index in [1.54, 1.807) is 12.1 Å². The lowest BCUT2D eigenvalue weighted by Gasteiger charge is -2.15. The number of rotatable bonds is 6. The molecule has 2 aromatic carbocycles. The van der Waals surface area contributed by atoms with Gasteiger partial charge in [-0.3, -0.25) is 9.69 Å². The normalized spacial score (nSPS) is 14.9. The number of alkyl halides is 6. The van der Waals surface area contributed by atoms with Gasteiger partial charge in [0.15, 0.2) is 5.69 Å². The first-order valence-electron chi connectivity index (χ1n) is 10.9. The van der Waals surface area contributed by atoms with Crippen molar-refractivity contribution in [3.8, 4) is 5.69 Å². The van der Waals surface area contributed by atoms with Gasteiger partial charge in [0.1, 0.15) is 0 Å². The first-order chi connectivity index (χ1) is 16.5. The van der Waals surface area contributed by atoms with E-state index in [0.717, 1.165) is 43.4 Å². The van der Waals surface area contributed by atoms with Crippen molar-refractivity contribution in [3.63, 3.8) is 0 Å². The number of carbonyl (C=O) groups excluding carboxylic acids is 1. The molecular formula is C24H22F6N4O. The second-order valence-corrected chi connectivity index (χ2v) is 8.35. The summed E-state index contributed by atoms with van der Waals surface area (Å²) in [5.74, 6) is -1.03. The second-order valence-electron chi connectivity index (χ2n) is 8.35. The van der Waals surface area contributed by atoms with E-state index >= 15 is 0 Å². The Morgan fingerprint density at radius 2 is 1.57 bits per heavy atom. The number of nitrogens with zero attached hydrogens (tertiary/aromatic N) is 3. The second kappa shape index (κ2) is 9.73. The van der Waals surface area contributed by atoms with E-state index in [-0.39, 0.29) is 6.54 Å². The van der Waals surface area contributed by atoms with Crippen LogP contribution in [0.1, 0.15) is 45.6 Å². The van der Waals surface area contributed by atoms with Crippen LogP contribution in [0.25, 0.3) is 5.69 Å². The van der Waals surface area contributed by atoms with E-state index in [1.165, 1.54) is 12.8 Å². The molecule has 1 aromatic heterocycles. The Kier molecular flexibility index (Phi) is 6.88. The summed E-state index contributed by atoms with van der Waals surface area (Å²) in [7, 11) is 0. The fourth-order valence-electron chi connectivity index (χ4n) is 4.04. The molecule has 1 aliphatic heterocycles. The number of hydrogen-bond donors (Lipinski definition) is 1. The van der Waals surface area contributed by atoms with Crippen molar-refractivity contribution < 1.29 is 31.1 Å². The van der Waals surface area contributed by atoms with Crippen molar-refractivity contribution in [3.05, 3.63) is 82.7 Å². The molecule has 5 nitrogen and oxygen atoms in total. The highest BCUT2D eigenvalue weighted by atomic mass is 19.4. The summed E-state index contributed by atoms with van der Waals surface area (Å²) in [5, 5.41) is 6.01. The number of nitrogens with one attached hydrogen (secondary N) is 1. The minimum absolute atomic E-state index is 0.0190. The highest BCUT2D eigenvalue weighted by Crippen LogP contribution is 2.35. The molecular weight excluding hydrogens is 474 g/mol. The molecule has 0 atom stereocenters. The quantitative estimate of drug-likeness (QED) is 0.463. The zero-order chi connectivity index (χ0) is 25.2. The zero-order valence-corrected chi connectivity index (χ0v) is 18.5. The number of benzene rings is 2. The third kappa shape index (κ3) is 5.84. The SMILES string of the molecule is O=C(NCc1ccc(CN2CCCC2)cc1)c1cnn(-c2cccc(C(F)(F)F)c2)c1C(F)(F)F. The van der Waals surface area contributed by atoms with E-state index in [2.05, 4.69) is 15.3 Å². The maximum atomic E-state index is 13.8. The van der Waals surface area contributed by atoms with Crippen LogP contribution in [0.15, 0.2) is 54.7 Å². The molecule has 0 radical (unpaired) electrons. The van der Waals surface area contributed by atoms with Gasteiger partial charge in [0.2, 0.25) is 0 Å². The fraction of sp³-hybridized carbons (Fsp3) is 0.333. The predicted molar refractivity (Wildman–Crippen MR) is 116 cm³/mol. The van der Waals surface area contributed by atoms with Crippen molar-refractivity contribution in [2.75, 3.05) is 13.1 Å². The van der Waals surface area contributed by atoms with Crippen LogP contribution < -0.4 is 5.32 Å². The van der Waals surface area contributed by atoms with Crippen molar-refractivity contribution in [2.24, 2.45) is 0 Å². The molecule has 0 saturated carbocycles. The van der Waals surface area contributed by atoms with Gasteiger partial charge in [0, 0.05) is 13.1 Å². The first kappa shape index (κ1) is 24.8. The van der Waals surface area contributed by atoms with Crippen LogP contribution in [0.2, 0.25) is 0 Å². The number of likely N-dealkylation sites (tertiary alicyclic amines) is 1. The summed E-state index contributed by atoms with van der Waals surface area (Å²) in [4.78, 5) is 14.9. The molecule has 0 unspecified atom stereocenters. The Balaban J connectivity index is 1.51. The van der Waals surface area contributed by atoms with Gasteiger partial charge in [-0.2, -0.15) is 31.4 Å². The molecule has 0 aliphatic carbocycles. The van der Waals surface area contributed by atoms with E-state index in [0.29, 0.717) is 22.5 Å². The Labute approximate surface area is 197 Å². The van der Waals surface area contributed by atoms with E-state index < -0.39 is 40.8 Å². The minimum Gasteiger partial charge on any atom is -0.348 e. The first-order valence-corrected chi connectivity index (χ1v) is 10.9. The highest BCUT2D eigenvalue weighted by molar-refractivity contribution is 5.95.